The first-order valence-electron chi connectivity index (χ1n) is 6.47. The zero-order chi connectivity index (χ0) is 13.8. The molecule has 0 spiro atoms. The molecule has 0 heterocycles. The first-order valence-corrected chi connectivity index (χ1v) is 6.47. The molecule has 1 aromatic rings. The Bertz CT molecular complexity index is 411. The fourth-order valence-electron chi connectivity index (χ4n) is 2.37. The molecule has 0 fully saturated rings. The number of benzene rings is 1. The van der Waals surface area contributed by atoms with Crippen LogP contribution in [0.3, 0.4) is 0 Å². The van der Waals surface area contributed by atoms with Crippen molar-refractivity contribution >= 4 is 11.7 Å². The Balaban J connectivity index is 2.95. The van der Waals surface area contributed by atoms with Gasteiger partial charge < -0.3 is 10.0 Å². The predicted octanol–water partition coefficient (Wildman–Crippen LogP) is 3.32. The molecule has 0 aliphatic carbocycles. The van der Waals surface area contributed by atoms with Crippen molar-refractivity contribution in [1.82, 2.24) is 0 Å². The van der Waals surface area contributed by atoms with Gasteiger partial charge in [-0.2, -0.15) is 0 Å². The summed E-state index contributed by atoms with van der Waals surface area (Å²) in [7, 11) is 1.96. The van der Waals surface area contributed by atoms with Crippen molar-refractivity contribution in [3.05, 3.63) is 29.8 Å². The van der Waals surface area contributed by atoms with Crippen LogP contribution in [0.1, 0.15) is 32.3 Å². The van der Waals surface area contributed by atoms with Gasteiger partial charge in [0.1, 0.15) is 0 Å². The molecule has 0 amide bonds. The highest BCUT2D eigenvalue weighted by Crippen LogP contribution is 2.30. The van der Waals surface area contributed by atoms with E-state index < -0.39 is 11.4 Å². The highest BCUT2D eigenvalue weighted by Gasteiger charge is 2.36. The monoisotopic (exact) mass is 249 g/mol. The fraction of sp³-hybridized carbons (Fsp3) is 0.533. The molecule has 0 aliphatic rings. The third-order valence-corrected chi connectivity index (χ3v) is 3.87. The average Bonchev–Trinajstić information content (AvgIpc) is 2.36. The van der Waals surface area contributed by atoms with Crippen LogP contribution >= 0.6 is 0 Å². The van der Waals surface area contributed by atoms with Crippen LogP contribution in [-0.4, -0.2) is 24.7 Å². The van der Waals surface area contributed by atoms with E-state index in [9.17, 15) is 9.90 Å². The quantitative estimate of drug-likeness (QED) is 0.840. The highest BCUT2D eigenvalue weighted by molar-refractivity contribution is 5.75. The fourth-order valence-corrected chi connectivity index (χ4v) is 2.37. The summed E-state index contributed by atoms with van der Waals surface area (Å²) in [5.41, 5.74) is 1.62. The predicted molar refractivity (Wildman–Crippen MR) is 75.1 cm³/mol. The maximum atomic E-state index is 11.5. The number of hydrogen-bond acceptors (Lipinski definition) is 2. The van der Waals surface area contributed by atoms with Crippen LogP contribution in [0.15, 0.2) is 24.3 Å². The Kier molecular flexibility index (Phi) is 4.76. The van der Waals surface area contributed by atoms with E-state index in [4.69, 9.17) is 0 Å². The van der Waals surface area contributed by atoms with E-state index in [1.54, 1.807) is 0 Å². The second-order valence-corrected chi connectivity index (χ2v) is 4.94. The number of hydrogen-bond donors (Lipinski definition) is 1. The van der Waals surface area contributed by atoms with Crippen LogP contribution in [0.5, 0.6) is 0 Å². The molecule has 18 heavy (non-hydrogen) atoms. The molecule has 1 rings (SSSR count). The van der Waals surface area contributed by atoms with Gasteiger partial charge in [0, 0.05) is 19.3 Å². The Hall–Kier alpha value is -1.51. The summed E-state index contributed by atoms with van der Waals surface area (Å²) in [6.45, 7) is 6.49. The second kappa shape index (κ2) is 5.89. The number of aliphatic carboxylic acids is 1. The molecule has 3 heteroatoms. The van der Waals surface area contributed by atoms with Gasteiger partial charge in [0.2, 0.25) is 0 Å². The molecule has 0 aromatic heterocycles. The minimum atomic E-state index is -0.701. The first-order chi connectivity index (χ1) is 8.46. The molecular formula is C15H23NO2. The zero-order valence-electron chi connectivity index (χ0n) is 11.7. The van der Waals surface area contributed by atoms with E-state index in [2.05, 4.69) is 4.90 Å². The van der Waals surface area contributed by atoms with Gasteiger partial charge >= 0.3 is 5.97 Å². The van der Waals surface area contributed by atoms with E-state index in [1.807, 2.05) is 52.1 Å². The Morgan fingerprint density at radius 2 is 1.83 bits per heavy atom. The van der Waals surface area contributed by atoms with Crippen molar-refractivity contribution in [2.75, 3.05) is 18.5 Å². The molecule has 3 nitrogen and oxygen atoms in total. The third kappa shape index (κ3) is 2.84. The van der Waals surface area contributed by atoms with Crippen LogP contribution in [-0.2, 0) is 4.79 Å². The van der Waals surface area contributed by atoms with Gasteiger partial charge in [-0.1, -0.05) is 32.0 Å². The largest absolute Gasteiger partial charge is 0.481 e. The molecular weight excluding hydrogens is 226 g/mol. The van der Waals surface area contributed by atoms with Gasteiger partial charge in [-0.25, -0.2) is 0 Å². The smallest absolute Gasteiger partial charge is 0.311 e. The highest BCUT2D eigenvalue weighted by atomic mass is 16.4. The standard InChI is InChI=1S/C15H23NO2/c1-5-15(6-2,14(17)18)11-16(4)13-10-8-7-9-12(13)3/h7-10H,5-6,11H2,1-4H3,(H,17,18). The summed E-state index contributed by atoms with van der Waals surface area (Å²) >= 11 is 0. The molecule has 1 N–H and O–H groups in total. The van der Waals surface area contributed by atoms with Crippen molar-refractivity contribution in [3.8, 4) is 0 Å². The molecule has 0 bridgehead atoms. The maximum Gasteiger partial charge on any atom is 0.311 e. The number of carbonyl (C=O) groups is 1. The number of nitrogens with zero attached hydrogens (tertiary/aromatic N) is 1. The van der Waals surface area contributed by atoms with E-state index in [-0.39, 0.29) is 0 Å². The van der Waals surface area contributed by atoms with Gasteiger partial charge in [0.15, 0.2) is 0 Å². The maximum absolute atomic E-state index is 11.5. The molecule has 0 saturated carbocycles. The van der Waals surface area contributed by atoms with Gasteiger partial charge in [-0.05, 0) is 31.4 Å². The summed E-state index contributed by atoms with van der Waals surface area (Å²) in [4.78, 5) is 13.6. The lowest BCUT2D eigenvalue weighted by molar-refractivity contribution is -0.148. The summed E-state index contributed by atoms with van der Waals surface area (Å²) in [5.74, 6) is -0.701. The van der Waals surface area contributed by atoms with Crippen molar-refractivity contribution in [3.63, 3.8) is 0 Å². The summed E-state index contributed by atoms with van der Waals surface area (Å²) in [6.07, 6.45) is 1.30. The molecule has 0 saturated heterocycles. The molecule has 0 unspecified atom stereocenters. The third-order valence-electron chi connectivity index (χ3n) is 3.87. The van der Waals surface area contributed by atoms with Crippen molar-refractivity contribution in [2.45, 2.75) is 33.6 Å². The number of para-hydroxylation sites is 1. The Morgan fingerprint density at radius 3 is 2.28 bits per heavy atom. The first kappa shape index (κ1) is 14.6. The van der Waals surface area contributed by atoms with Crippen LogP contribution < -0.4 is 4.90 Å². The number of anilines is 1. The van der Waals surface area contributed by atoms with Gasteiger partial charge in [-0.3, -0.25) is 4.79 Å². The van der Waals surface area contributed by atoms with Crippen LogP contribution in [0.4, 0.5) is 5.69 Å². The average molecular weight is 249 g/mol. The van der Waals surface area contributed by atoms with E-state index in [1.165, 1.54) is 5.56 Å². The van der Waals surface area contributed by atoms with Crippen molar-refractivity contribution in [2.24, 2.45) is 5.41 Å². The lowest BCUT2D eigenvalue weighted by Crippen LogP contribution is -2.41. The van der Waals surface area contributed by atoms with E-state index in [0.717, 1.165) is 5.69 Å². The molecule has 0 atom stereocenters. The Labute approximate surface area is 109 Å². The number of rotatable bonds is 6. The SMILES string of the molecule is CCC(CC)(CN(C)c1ccccc1C)C(=O)O. The lowest BCUT2D eigenvalue weighted by atomic mass is 9.82. The summed E-state index contributed by atoms with van der Waals surface area (Å²) in [6, 6.07) is 8.06. The minimum absolute atomic E-state index is 0.542. The van der Waals surface area contributed by atoms with Crippen molar-refractivity contribution < 1.29 is 9.90 Å². The normalized spacial score (nSPS) is 11.3. The number of carboxylic acids is 1. The molecule has 0 aliphatic heterocycles. The van der Waals surface area contributed by atoms with Gasteiger partial charge in [0.25, 0.3) is 0 Å². The van der Waals surface area contributed by atoms with Gasteiger partial charge in [0.05, 0.1) is 5.41 Å². The minimum Gasteiger partial charge on any atom is -0.481 e. The van der Waals surface area contributed by atoms with Gasteiger partial charge in [-0.15, -0.1) is 0 Å². The zero-order valence-corrected chi connectivity index (χ0v) is 11.7. The molecule has 0 radical (unpaired) electrons. The van der Waals surface area contributed by atoms with Crippen molar-refractivity contribution in [1.29, 1.82) is 0 Å². The van der Waals surface area contributed by atoms with Crippen LogP contribution in [0.25, 0.3) is 0 Å². The van der Waals surface area contributed by atoms with Crippen LogP contribution in [0.2, 0.25) is 0 Å². The van der Waals surface area contributed by atoms with Crippen LogP contribution in [0, 0.1) is 12.3 Å². The van der Waals surface area contributed by atoms with E-state index >= 15 is 0 Å². The molecule has 100 valence electrons. The summed E-state index contributed by atoms with van der Waals surface area (Å²) in [5, 5.41) is 9.46. The Morgan fingerprint density at radius 1 is 1.28 bits per heavy atom. The number of carboxylic acid groups (broad SMARTS) is 1. The topological polar surface area (TPSA) is 40.5 Å². The van der Waals surface area contributed by atoms with E-state index in [0.29, 0.717) is 19.4 Å². The number of aryl methyl sites for hydroxylation is 1. The lowest BCUT2D eigenvalue weighted by Gasteiger charge is -2.33. The molecule has 1 aromatic carbocycles. The second-order valence-electron chi connectivity index (χ2n) is 4.94. The summed E-state index contributed by atoms with van der Waals surface area (Å²) < 4.78 is 0.